The van der Waals surface area contributed by atoms with Gasteiger partial charge in [0.15, 0.2) is 0 Å². The van der Waals surface area contributed by atoms with Gasteiger partial charge in [-0.2, -0.15) is 21.5 Å². The van der Waals surface area contributed by atoms with Crippen LogP contribution in [-0.4, -0.2) is 16.7 Å². The Morgan fingerprint density at radius 2 is 2.11 bits per heavy atom. The molecule has 0 saturated heterocycles. The van der Waals surface area contributed by atoms with E-state index in [1.54, 1.807) is 17.5 Å². The molecule has 3 nitrogen and oxygen atoms in total. The molecule has 0 atom stereocenters. The zero-order valence-electron chi connectivity index (χ0n) is 9.84. The van der Waals surface area contributed by atoms with Crippen molar-refractivity contribution in [2.45, 2.75) is 6.42 Å². The molecule has 0 aliphatic heterocycles. The molecule has 0 bridgehead atoms. The molecule has 2 aromatic heterocycles. The zero-order chi connectivity index (χ0) is 12.2. The van der Waals surface area contributed by atoms with Gasteiger partial charge < -0.3 is 5.32 Å². The monoisotopic (exact) mass is 255 g/mol. The standard InChI is InChI=1S/C14H13N3S/c1-2-4-13-12(3-1)14(9-16-17-13)15-7-5-11-6-8-18-10-11/h1-4,6,8-10H,5,7H2,(H,15,17). The molecule has 0 fully saturated rings. The number of nitrogens with zero attached hydrogens (tertiary/aromatic N) is 2. The molecule has 0 radical (unpaired) electrons. The van der Waals surface area contributed by atoms with Crippen molar-refractivity contribution in [2.24, 2.45) is 0 Å². The van der Waals surface area contributed by atoms with Crippen LogP contribution in [0.5, 0.6) is 0 Å². The number of thiophene rings is 1. The van der Waals surface area contributed by atoms with Gasteiger partial charge in [-0.1, -0.05) is 18.2 Å². The third-order valence-corrected chi connectivity index (χ3v) is 3.59. The van der Waals surface area contributed by atoms with Crippen molar-refractivity contribution >= 4 is 27.9 Å². The molecule has 0 spiro atoms. The van der Waals surface area contributed by atoms with Crippen LogP contribution in [0.15, 0.2) is 47.3 Å². The number of nitrogens with one attached hydrogen (secondary N) is 1. The molecule has 3 rings (SSSR count). The summed E-state index contributed by atoms with van der Waals surface area (Å²) in [5.74, 6) is 0. The lowest BCUT2D eigenvalue weighted by molar-refractivity contribution is 1.01. The normalized spacial score (nSPS) is 10.7. The van der Waals surface area contributed by atoms with Crippen LogP contribution in [-0.2, 0) is 6.42 Å². The third kappa shape index (κ3) is 2.33. The fraction of sp³-hybridized carbons (Fsp3) is 0.143. The Bertz CT molecular complexity index is 629. The largest absolute Gasteiger partial charge is 0.383 e. The van der Waals surface area contributed by atoms with E-state index < -0.39 is 0 Å². The second-order valence-electron chi connectivity index (χ2n) is 4.08. The summed E-state index contributed by atoms with van der Waals surface area (Å²) in [7, 11) is 0. The summed E-state index contributed by atoms with van der Waals surface area (Å²) in [4.78, 5) is 0. The highest BCUT2D eigenvalue weighted by molar-refractivity contribution is 7.07. The summed E-state index contributed by atoms with van der Waals surface area (Å²) in [6, 6.07) is 10.2. The van der Waals surface area contributed by atoms with Gasteiger partial charge in [0.25, 0.3) is 0 Å². The lowest BCUT2D eigenvalue weighted by Gasteiger charge is -2.07. The predicted octanol–water partition coefficient (Wildman–Crippen LogP) is 3.35. The summed E-state index contributed by atoms with van der Waals surface area (Å²) < 4.78 is 0. The SMILES string of the molecule is c1ccc2c(NCCc3ccsc3)cnnc2c1. The zero-order valence-corrected chi connectivity index (χ0v) is 10.7. The predicted molar refractivity (Wildman–Crippen MR) is 76.1 cm³/mol. The van der Waals surface area contributed by atoms with Gasteiger partial charge in [0.05, 0.1) is 17.4 Å². The number of benzene rings is 1. The van der Waals surface area contributed by atoms with Crippen molar-refractivity contribution in [1.82, 2.24) is 10.2 Å². The molecule has 4 heteroatoms. The average Bonchev–Trinajstić information content (AvgIpc) is 2.92. The van der Waals surface area contributed by atoms with Crippen LogP contribution < -0.4 is 5.32 Å². The van der Waals surface area contributed by atoms with Gasteiger partial charge in [0.1, 0.15) is 0 Å². The Balaban J connectivity index is 1.74. The molecular formula is C14H13N3S. The molecule has 18 heavy (non-hydrogen) atoms. The van der Waals surface area contributed by atoms with E-state index in [1.165, 1.54) is 5.56 Å². The Hall–Kier alpha value is -1.94. The van der Waals surface area contributed by atoms with Crippen LogP contribution in [0, 0.1) is 0 Å². The minimum Gasteiger partial charge on any atom is -0.383 e. The Kier molecular flexibility index (Phi) is 3.19. The van der Waals surface area contributed by atoms with Gasteiger partial charge >= 0.3 is 0 Å². The van der Waals surface area contributed by atoms with Crippen LogP contribution >= 0.6 is 11.3 Å². The van der Waals surface area contributed by atoms with Crippen molar-refractivity contribution in [2.75, 3.05) is 11.9 Å². The maximum absolute atomic E-state index is 4.11. The van der Waals surface area contributed by atoms with Gasteiger partial charge in [-0.15, -0.1) is 0 Å². The fourth-order valence-corrected chi connectivity index (χ4v) is 2.63. The summed E-state index contributed by atoms with van der Waals surface area (Å²) in [5.41, 5.74) is 3.35. The first kappa shape index (κ1) is 11.2. The third-order valence-electron chi connectivity index (χ3n) is 2.86. The molecule has 0 unspecified atom stereocenters. The summed E-state index contributed by atoms with van der Waals surface area (Å²) in [6.07, 6.45) is 2.82. The minimum atomic E-state index is 0.909. The molecule has 3 aromatic rings. The Morgan fingerprint density at radius 3 is 3.00 bits per heavy atom. The number of aromatic nitrogens is 2. The van der Waals surface area contributed by atoms with E-state index in [0.29, 0.717) is 0 Å². The van der Waals surface area contributed by atoms with Crippen LogP contribution in [0.1, 0.15) is 5.56 Å². The van der Waals surface area contributed by atoms with Crippen LogP contribution in [0.4, 0.5) is 5.69 Å². The van der Waals surface area contributed by atoms with E-state index in [4.69, 9.17) is 0 Å². The topological polar surface area (TPSA) is 37.8 Å². The van der Waals surface area contributed by atoms with Crippen molar-refractivity contribution < 1.29 is 0 Å². The number of anilines is 1. The van der Waals surface area contributed by atoms with Crippen LogP contribution in [0.3, 0.4) is 0 Å². The smallest absolute Gasteiger partial charge is 0.0950 e. The summed E-state index contributed by atoms with van der Waals surface area (Å²) in [5, 5.41) is 17.0. The number of fused-ring (bicyclic) bond motifs is 1. The minimum absolute atomic E-state index is 0.909. The lowest BCUT2D eigenvalue weighted by atomic mass is 10.2. The van der Waals surface area contributed by atoms with Gasteiger partial charge in [-0.05, 0) is 34.9 Å². The van der Waals surface area contributed by atoms with Crippen molar-refractivity contribution in [3.05, 3.63) is 52.9 Å². The first-order chi connectivity index (χ1) is 8.93. The molecule has 1 aromatic carbocycles. The first-order valence-electron chi connectivity index (χ1n) is 5.89. The van der Waals surface area contributed by atoms with E-state index in [2.05, 4.69) is 38.4 Å². The first-order valence-corrected chi connectivity index (χ1v) is 6.83. The molecule has 2 heterocycles. The molecular weight excluding hydrogens is 242 g/mol. The maximum Gasteiger partial charge on any atom is 0.0950 e. The highest BCUT2D eigenvalue weighted by Crippen LogP contribution is 2.19. The molecule has 0 aliphatic carbocycles. The molecule has 0 amide bonds. The lowest BCUT2D eigenvalue weighted by Crippen LogP contribution is -2.05. The van der Waals surface area contributed by atoms with E-state index in [-0.39, 0.29) is 0 Å². The van der Waals surface area contributed by atoms with Gasteiger partial charge in [-0.3, -0.25) is 0 Å². The second-order valence-corrected chi connectivity index (χ2v) is 4.86. The quantitative estimate of drug-likeness (QED) is 0.777. The Morgan fingerprint density at radius 1 is 1.17 bits per heavy atom. The number of rotatable bonds is 4. The maximum atomic E-state index is 4.11. The average molecular weight is 255 g/mol. The highest BCUT2D eigenvalue weighted by Gasteiger charge is 2.01. The molecule has 0 aliphatic rings. The Labute approximate surface area is 109 Å². The van der Waals surface area contributed by atoms with Gasteiger partial charge in [0, 0.05) is 11.9 Å². The second kappa shape index (κ2) is 5.14. The summed E-state index contributed by atoms with van der Waals surface area (Å²) >= 11 is 1.74. The number of hydrogen-bond donors (Lipinski definition) is 1. The van der Waals surface area contributed by atoms with Gasteiger partial charge in [0.2, 0.25) is 0 Å². The highest BCUT2D eigenvalue weighted by atomic mass is 32.1. The van der Waals surface area contributed by atoms with E-state index in [1.807, 2.05) is 18.2 Å². The van der Waals surface area contributed by atoms with Gasteiger partial charge in [-0.25, -0.2) is 0 Å². The fourth-order valence-electron chi connectivity index (χ4n) is 1.92. The van der Waals surface area contributed by atoms with E-state index in [0.717, 1.165) is 29.6 Å². The van der Waals surface area contributed by atoms with Crippen LogP contribution in [0.25, 0.3) is 10.9 Å². The van der Waals surface area contributed by atoms with Crippen molar-refractivity contribution in [1.29, 1.82) is 0 Å². The molecule has 1 N–H and O–H groups in total. The molecule has 90 valence electrons. The van der Waals surface area contributed by atoms with Crippen LogP contribution in [0.2, 0.25) is 0 Å². The number of hydrogen-bond acceptors (Lipinski definition) is 4. The van der Waals surface area contributed by atoms with E-state index >= 15 is 0 Å². The van der Waals surface area contributed by atoms with E-state index in [9.17, 15) is 0 Å². The van der Waals surface area contributed by atoms with Crippen molar-refractivity contribution in [3.8, 4) is 0 Å². The summed E-state index contributed by atoms with van der Waals surface area (Å²) in [6.45, 7) is 0.909. The van der Waals surface area contributed by atoms with Crippen molar-refractivity contribution in [3.63, 3.8) is 0 Å². The molecule has 0 saturated carbocycles.